The van der Waals surface area contributed by atoms with Crippen LogP contribution in [0.1, 0.15) is 68.8 Å². The van der Waals surface area contributed by atoms with E-state index >= 15 is 0 Å². The number of aromatic amines is 3. The lowest BCUT2D eigenvalue weighted by molar-refractivity contribution is -0.0640. The zero-order valence-electron chi connectivity index (χ0n) is 53.1. The van der Waals surface area contributed by atoms with Gasteiger partial charge in [-0.05, 0) is 13.0 Å². The third-order valence-electron chi connectivity index (χ3n) is 16.8. The summed E-state index contributed by atoms with van der Waals surface area (Å²) in [6.45, 7) is -3.31. The fourth-order valence-corrected chi connectivity index (χ4v) is 16.1. The molecule has 0 radical (unpaired) electrons. The smallest absolute Gasteiger partial charge is 0.390 e. The second-order valence-electron chi connectivity index (χ2n) is 23.7. The summed E-state index contributed by atoms with van der Waals surface area (Å²) < 4.78 is 152. The third kappa shape index (κ3) is 16.4. The van der Waals surface area contributed by atoms with Gasteiger partial charge in [0.05, 0.1) is 51.5 Å². The van der Waals surface area contributed by atoms with Crippen LogP contribution in [0.25, 0.3) is 33.5 Å². The monoisotopic (exact) mass is 1570 g/mol. The highest BCUT2D eigenvalue weighted by molar-refractivity contribution is 7.48. The van der Waals surface area contributed by atoms with E-state index in [0.29, 0.717) is 0 Å². The van der Waals surface area contributed by atoms with E-state index in [1.165, 1.54) is 39.3 Å². The fraction of sp³-hybridized carbons (Fsp3) is 0.531. The van der Waals surface area contributed by atoms with E-state index < -0.39 is 206 Å². The van der Waals surface area contributed by atoms with Crippen molar-refractivity contribution in [1.82, 2.24) is 77.7 Å². The molecule has 5 unspecified atom stereocenters. The quantitative estimate of drug-likeness (QED) is 0.0236. The number of rotatable bonds is 28. The number of aliphatic hydroxyl groups is 1. The predicted molar refractivity (Wildman–Crippen MR) is 341 cm³/mol. The van der Waals surface area contributed by atoms with Crippen LogP contribution in [0.4, 0.5) is 23.5 Å². The van der Waals surface area contributed by atoms with Crippen molar-refractivity contribution in [2.75, 3.05) is 56.0 Å². The molecule has 0 amide bonds. The van der Waals surface area contributed by atoms with Crippen LogP contribution in [0.15, 0.2) is 67.7 Å². The van der Waals surface area contributed by atoms with Gasteiger partial charge in [-0.1, -0.05) is 0 Å². The molecule has 55 heteroatoms. The Bertz CT molecular complexity index is 5110. The number of ether oxygens (including phenoxy) is 5. The van der Waals surface area contributed by atoms with Crippen LogP contribution in [-0.2, 0) is 87.2 Å². The first-order valence-corrected chi connectivity index (χ1v) is 37.7. The largest absolute Gasteiger partial charge is 0.694 e. The molecule has 5 aliphatic rings. The maximum absolute atomic E-state index is 14.2. The van der Waals surface area contributed by atoms with Crippen LogP contribution in [-0.4, -0.2) is 201 Å². The first kappa shape index (κ1) is 74.5. The lowest BCUT2D eigenvalue weighted by Gasteiger charge is -2.25. The molecule has 8 aromatic heterocycles. The lowest BCUT2D eigenvalue weighted by atomic mass is 10.2. The maximum Gasteiger partial charge on any atom is 0.694 e. The Kier molecular flexibility index (Phi) is 21.2. The molecular formula is C49H62N20O30P5+. The number of nitrogens with one attached hydrogen (secondary N) is 3. The van der Waals surface area contributed by atoms with Crippen molar-refractivity contribution in [3.05, 3.63) is 101 Å². The minimum absolute atomic E-state index is 0.00882. The number of phosphoric ester groups is 4. The standard InChI is InChI=1S/C49H61N20O30P5/c1-19-9-66(49(75)64-43(19)71)33-6-23(28(94-33)13-89-102(80,81)96-21-7-35(92-26(21)10-86-100(76)77)69-18-58-38-42(69)61-47(53)63-45(38)73)98-104(84,85)88-12-27-22(5-32(93-27)65-3-2-30(50)59-48(65)74)97-103(82,83)90-14-29-24(8-34(95-29)67-16-56-36-39(51)54-15-55-40(36)67)99-101(78,79)87-11-25-20(70)4-31(91-25)68-17-57-37-41(68)60-46(52)62-44(37)72/h2-3,9,15-18,20-29,31-35,70H,4-8,10-14H2,1H3,(H15-,50,51,52,53,54,55,59,60,61,62,63,64,71,72,73,74,75,76,77,78,79,80,81,82,83,84,85)/p+1/t20-,21-,22-,23-,24-,25+,26+,27+,28+,29+,31+,32+,33+,34+,35+/m0/s1. The van der Waals surface area contributed by atoms with Gasteiger partial charge in [-0.25, -0.2) is 52.8 Å². The number of H-pyrrole nitrogens is 3. The molecule has 5 aliphatic heterocycles. The van der Waals surface area contributed by atoms with Gasteiger partial charge in [-0.15, -0.1) is 9.42 Å². The Morgan fingerprint density at radius 2 is 0.923 bits per heavy atom. The van der Waals surface area contributed by atoms with Crippen molar-refractivity contribution >= 4 is 96.6 Å². The van der Waals surface area contributed by atoms with Crippen LogP contribution in [0.2, 0.25) is 0 Å². The van der Waals surface area contributed by atoms with Crippen molar-refractivity contribution in [2.24, 2.45) is 0 Å². The summed E-state index contributed by atoms with van der Waals surface area (Å²) >= 11 is 0. The average Bonchev–Trinajstić information content (AvgIpc) is 1.61. The van der Waals surface area contributed by atoms with Gasteiger partial charge in [0.1, 0.15) is 110 Å². The maximum atomic E-state index is 14.2. The zero-order valence-corrected chi connectivity index (χ0v) is 57.6. The molecule has 0 bridgehead atoms. The number of nitrogen functional groups attached to an aromatic ring is 4. The van der Waals surface area contributed by atoms with Crippen molar-refractivity contribution < 1.29 is 117 Å². The number of aromatic nitrogens is 16. The second kappa shape index (κ2) is 29.5. The molecule has 13 heterocycles. The lowest BCUT2D eigenvalue weighted by Crippen LogP contribution is -2.33. The molecule has 562 valence electrons. The molecule has 20 atom stereocenters. The number of hydrogen-bond acceptors (Lipinski definition) is 37. The van der Waals surface area contributed by atoms with E-state index in [9.17, 15) is 76.4 Å². The molecule has 17 N–H and O–H groups in total. The minimum atomic E-state index is -5.57. The summed E-state index contributed by atoms with van der Waals surface area (Å²) in [5, 5.41) is 11.0. The molecule has 50 nitrogen and oxygen atoms in total. The molecule has 5 fully saturated rings. The van der Waals surface area contributed by atoms with Crippen LogP contribution >= 0.6 is 39.5 Å². The number of hydrogen-bond donors (Lipinski definition) is 13. The zero-order chi connectivity index (χ0) is 74.1. The molecule has 104 heavy (non-hydrogen) atoms. The SMILES string of the molecule is Cc1cn([C@H]2C[C@H](OP(=O)(O)OC[C@H]3O[C@@H](n4ccc(N)nc4=O)C[C@@H]3OP(=O)(O)OC[C@H]3O[C@@H](n4cnc5c(N)ncnc54)C[C@@H]3OP(=O)(O)OC[C@H]3O[C@@H](n4cnc5c(=O)[nH]c(N)nc54)C[C@@H]3O)[C@@H](COP(=O)(O)O[C@H]3C[C@H](n4cnc5c(=O)[nH]c(N)nc54)O[C@@H]3CO[P+](=O)O)O2)c(=O)[nH]c1=O. The van der Waals surface area contributed by atoms with Gasteiger partial charge in [0, 0.05) is 54.6 Å². The van der Waals surface area contributed by atoms with E-state index in [4.69, 9.17) is 87.3 Å². The van der Waals surface area contributed by atoms with Crippen LogP contribution < -0.4 is 51.0 Å². The number of anilines is 4. The Morgan fingerprint density at radius 1 is 0.519 bits per heavy atom. The van der Waals surface area contributed by atoms with Gasteiger partial charge in [0.25, 0.3) is 16.7 Å². The molecule has 0 saturated carbocycles. The first-order chi connectivity index (χ1) is 49.2. The van der Waals surface area contributed by atoms with Crippen molar-refractivity contribution in [2.45, 2.75) is 131 Å². The summed E-state index contributed by atoms with van der Waals surface area (Å²) in [5.41, 5.74) is 18.9. The number of aryl methyl sites for hydroxylation is 1. The summed E-state index contributed by atoms with van der Waals surface area (Å²) in [5.74, 6) is -0.790. The van der Waals surface area contributed by atoms with Crippen LogP contribution in [0, 0.1) is 6.92 Å². The van der Waals surface area contributed by atoms with E-state index in [1.807, 2.05) is 0 Å². The number of phosphoric acid groups is 4. The van der Waals surface area contributed by atoms with Gasteiger partial charge < -0.3 is 71.3 Å². The fourth-order valence-electron chi connectivity index (χ4n) is 12.0. The highest BCUT2D eigenvalue weighted by atomic mass is 31.2. The second-order valence-corrected chi connectivity index (χ2v) is 30.1. The van der Waals surface area contributed by atoms with Crippen molar-refractivity contribution in [3.8, 4) is 0 Å². The summed E-state index contributed by atoms with van der Waals surface area (Å²) in [4.78, 5) is 157. The average molecular weight is 1570 g/mol. The Labute approximate surface area is 577 Å². The minimum Gasteiger partial charge on any atom is -0.390 e. The van der Waals surface area contributed by atoms with Gasteiger partial charge in [0.2, 0.25) is 11.9 Å². The molecule has 0 aromatic carbocycles. The Hall–Kier alpha value is -7.77. The number of nitrogens with zero attached hydrogens (tertiary/aromatic N) is 13. The van der Waals surface area contributed by atoms with Crippen LogP contribution in [0.5, 0.6) is 0 Å². The van der Waals surface area contributed by atoms with E-state index in [1.54, 1.807) is 0 Å². The highest BCUT2D eigenvalue weighted by Crippen LogP contribution is 2.55. The summed E-state index contributed by atoms with van der Waals surface area (Å²) in [7, 11) is -25.0. The molecule has 13 rings (SSSR count). The Morgan fingerprint density at radius 3 is 1.38 bits per heavy atom. The van der Waals surface area contributed by atoms with E-state index in [-0.39, 0.29) is 81.8 Å². The molecular weight excluding hydrogens is 1500 g/mol. The van der Waals surface area contributed by atoms with E-state index in [2.05, 4.69) is 54.8 Å². The molecule has 8 aromatic rings. The highest BCUT2D eigenvalue weighted by Gasteiger charge is 2.50. The van der Waals surface area contributed by atoms with Gasteiger partial charge in [0.15, 0.2) is 33.8 Å². The van der Waals surface area contributed by atoms with E-state index in [0.717, 1.165) is 34.2 Å². The molecule has 0 spiro atoms. The first-order valence-electron chi connectivity index (χ1n) is 30.6. The van der Waals surface area contributed by atoms with Crippen LogP contribution in [0.3, 0.4) is 0 Å². The van der Waals surface area contributed by atoms with Gasteiger partial charge in [-0.2, -0.15) is 15.0 Å². The topological polar surface area (TPSA) is 701 Å². The summed E-state index contributed by atoms with van der Waals surface area (Å²) in [6, 6.07) is 1.20. The third-order valence-corrected chi connectivity index (χ3v) is 21.2. The van der Waals surface area contributed by atoms with Crippen molar-refractivity contribution in [1.29, 1.82) is 0 Å². The summed E-state index contributed by atoms with van der Waals surface area (Å²) in [6.07, 6.45) is -17.0. The Balaban J connectivity index is 0.693. The van der Waals surface area contributed by atoms with Gasteiger partial charge >= 0.3 is 50.9 Å². The normalized spacial score (nSPS) is 29.0. The predicted octanol–water partition coefficient (Wildman–Crippen LogP) is -1.99. The number of aliphatic hydroxyl groups excluding tert-OH is 1. The number of nitrogens with two attached hydrogens (primary N) is 4. The number of fused-ring (bicyclic) bond motifs is 3. The molecule has 5 saturated heterocycles. The van der Waals surface area contributed by atoms with Crippen molar-refractivity contribution in [3.63, 3.8) is 0 Å². The number of imidazole rings is 3. The van der Waals surface area contributed by atoms with Gasteiger partial charge in [-0.3, -0.25) is 88.4 Å². The molecule has 0 aliphatic carbocycles.